The van der Waals surface area contributed by atoms with Crippen LogP contribution < -0.4 is 14.4 Å². The Bertz CT molecular complexity index is 838. The minimum atomic E-state index is 0.144. The smallest absolute Gasteiger partial charge is 0.236 e. The SMILES string of the molecule is COc1ccc(CN(C)CC(=O)N2CCN(c3cccc(Cl)c3)CC2)c(OC)c1. The zero-order valence-electron chi connectivity index (χ0n) is 17.2. The van der Waals surface area contributed by atoms with Gasteiger partial charge in [-0.1, -0.05) is 23.7 Å². The van der Waals surface area contributed by atoms with Gasteiger partial charge in [-0.15, -0.1) is 0 Å². The standard InChI is InChI=1S/C22H28ClN3O3/c1-24(15-17-7-8-20(28-2)14-21(17)29-3)16-22(27)26-11-9-25(10-12-26)19-6-4-5-18(23)13-19/h4-8,13-14H,9-12,15-16H2,1-3H3. The predicted molar refractivity (Wildman–Crippen MR) is 116 cm³/mol. The Morgan fingerprint density at radius 1 is 1.07 bits per heavy atom. The molecule has 156 valence electrons. The third kappa shape index (κ3) is 5.55. The summed E-state index contributed by atoms with van der Waals surface area (Å²) in [5.41, 5.74) is 2.13. The highest BCUT2D eigenvalue weighted by atomic mass is 35.5. The van der Waals surface area contributed by atoms with Gasteiger partial charge in [0.25, 0.3) is 0 Å². The van der Waals surface area contributed by atoms with Gasteiger partial charge in [0, 0.05) is 55.1 Å². The minimum Gasteiger partial charge on any atom is -0.497 e. The summed E-state index contributed by atoms with van der Waals surface area (Å²) in [5, 5.41) is 0.733. The van der Waals surface area contributed by atoms with Crippen molar-refractivity contribution in [3.63, 3.8) is 0 Å². The number of hydrogen-bond donors (Lipinski definition) is 0. The van der Waals surface area contributed by atoms with E-state index in [1.807, 2.05) is 53.2 Å². The van der Waals surface area contributed by atoms with Crippen LogP contribution in [0.1, 0.15) is 5.56 Å². The molecule has 7 heteroatoms. The number of carbonyl (C=O) groups is 1. The number of anilines is 1. The van der Waals surface area contributed by atoms with E-state index < -0.39 is 0 Å². The highest BCUT2D eigenvalue weighted by Crippen LogP contribution is 2.25. The normalized spacial score (nSPS) is 14.2. The van der Waals surface area contributed by atoms with Crippen molar-refractivity contribution in [3.8, 4) is 11.5 Å². The van der Waals surface area contributed by atoms with Gasteiger partial charge in [-0.25, -0.2) is 0 Å². The minimum absolute atomic E-state index is 0.144. The number of methoxy groups -OCH3 is 2. The Kier molecular flexibility index (Phi) is 7.23. The maximum absolute atomic E-state index is 12.7. The molecule has 0 spiro atoms. The molecule has 29 heavy (non-hydrogen) atoms. The Balaban J connectivity index is 1.52. The summed E-state index contributed by atoms with van der Waals surface area (Å²) in [6.45, 7) is 4.04. The van der Waals surface area contributed by atoms with Gasteiger partial charge in [0.05, 0.1) is 20.8 Å². The van der Waals surface area contributed by atoms with Crippen LogP contribution >= 0.6 is 11.6 Å². The maximum atomic E-state index is 12.7. The zero-order chi connectivity index (χ0) is 20.8. The van der Waals surface area contributed by atoms with Crippen LogP contribution in [0.2, 0.25) is 5.02 Å². The summed E-state index contributed by atoms with van der Waals surface area (Å²) in [6, 6.07) is 13.6. The van der Waals surface area contributed by atoms with E-state index in [9.17, 15) is 4.79 Å². The third-order valence-corrected chi connectivity index (χ3v) is 5.38. The van der Waals surface area contributed by atoms with Gasteiger partial charge in [-0.2, -0.15) is 0 Å². The zero-order valence-corrected chi connectivity index (χ0v) is 18.0. The van der Waals surface area contributed by atoms with Gasteiger partial charge in [0.2, 0.25) is 5.91 Å². The summed E-state index contributed by atoms with van der Waals surface area (Å²) >= 11 is 6.09. The molecule has 0 aromatic heterocycles. The molecule has 0 aliphatic carbocycles. The molecule has 2 aromatic rings. The van der Waals surface area contributed by atoms with Gasteiger partial charge < -0.3 is 19.3 Å². The molecule has 1 saturated heterocycles. The number of piperazine rings is 1. The average Bonchev–Trinajstić information content (AvgIpc) is 2.74. The first-order valence-corrected chi connectivity index (χ1v) is 10.1. The van der Waals surface area contributed by atoms with Crippen LogP contribution in [0.4, 0.5) is 5.69 Å². The van der Waals surface area contributed by atoms with Gasteiger partial charge in [-0.3, -0.25) is 9.69 Å². The fraction of sp³-hybridized carbons (Fsp3) is 0.409. The summed E-state index contributed by atoms with van der Waals surface area (Å²) in [5.74, 6) is 1.66. The number of halogens is 1. The van der Waals surface area contributed by atoms with E-state index in [-0.39, 0.29) is 5.91 Å². The molecule has 0 unspecified atom stereocenters. The Hall–Kier alpha value is -2.44. The quantitative estimate of drug-likeness (QED) is 0.692. The van der Waals surface area contributed by atoms with E-state index in [4.69, 9.17) is 21.1 Å². The second-order valence-electron chi connectivity index (χ2n) is 7.20. The molecule has 1 aliphatic rings. The van der Waals surface area contributed by atoms with Crippen molar-refractivity contribution in [1.82, 2.24) is 9.80 Å². The number of likely N-dealkylation sites (N-methyl/N-ethyl adjacent to an activating group) is 1. The van der Waals surface area contributed by atoms with Crippen LogP contribution in [0.5, 0.6) is 11.5 Å². The molecule has 3 rings (SSSR count). The topological polar surface area (TPSA) is 45.2 Å². The Morgan fingerprint density at radius 3 is 2.48 bits per heavy atom. The molecule has 0 saturated carbocycles. The predicted octanol–water partition coefficient (Wildman–Crippen LogP) is 3.14. The van der Waals surface area contributed by atoms with Crippen molar-refractivity contribution >= 4 is 23.2 Å². The van der Waals surface area contributed by atoms with E-state index in [2.05, 4.69) is 11.0 Å². The fourth-order valence-electron chi connectivity index (χ4n) is 3.55. The highest BCUT2D eigenvalue weighted by molar-refractivity contribution is 6.30. The number of ether oxygens (including phenoxy) is 2. The van der Waals surface area contributed by atoms with Crippen molar-refractivity contribution in [1.29, 1.82) is 0 Å². The number of carbonyl (C=O) groups excluding carboxylic acids is 1. The summed E-state index contributed by atoms with van der Waals surface area (Å²) < 4.78 is 10.7. The van der Waals surface area contributed by atoms with E-state index in [0.29, 0.717) is 26.2 Å². The lowest BCUT2D eigenvalue weighted by Crippen LogP contribution is -2.51. The molecular weight excluding hydrogens is 390 g/mol. The van der Waals surface area contributed by atoms with Crippen molar-refractivity contribution in [2.45, 2.75) is 6.54 Å². The fourth-order valence-corrected chi connectivity index (χ4v) is 3.73. The molecule has 0 atom stereocenters. The third-order valence-electron chi connectivity index (χ3n) is 5.15. The van der Waals surface area contributed by atoms with Crippen LogP contribution in [0.15, 0.2) is 42.5 Å². The van der Waals surface area contributed by atoms with Gasteiger partial charge in [0.1, 0.15) is 11.5 Å². The molecule has 0 N–H and O–H groups in total. The Morgan fingerprint density at radius 2 is 1.83 bits per heavy atom. The summed E-state index contributed by atoms with van der Waals surface area (Å²) in [6.07, 6.45) is 0. The first kappa shape index (κ1) is 21.3. The second kappa shape index (κ2) is 9.85. The second-order valence-corrected chi connectivity index (χ2v) is 7.63. The number of benzene rings is 2. The van der Waals surface area contributed by atoms with E-state index >= 15 is 0 Å². The molecule has 6 nitrogen and oxygen atoms in total. The van der Waals surface area contributed by atoms with Crippen molar-refractivity contribution in [2.24, 2.45) is 0 Å². The van der Waals surface area contributed by atoms with E-state index in [0.717, 1.165) is 40.9 Å². The van der Waals surface area contributed by atoms with E-state index in [1.165, 1.54) is 0 Å². The van der Waals surface area contributed by atoms with Crippen molar-refractivity contribution in [3.05, 3.63) is 53.1 Å². The molecule has 1 heterocycles. The molecule has 0 bridgehead atoms. The Labute approximate surface area is 177 Å². The lowest BCUT2D eigenvalue weighted by Gasteiger charge is -2.36. The van der Waals surface area contributed by atoms with Crippen molar-refractivity contribution < 1.29 is 14.3 Å². The molecule has 2 aromatic carbocycles. The summed E-state index contributed by atoms with van der Waals surface area (Å²) in [7, 11) is 5.22. The monoisotopic (exact) mass is 417 g/mol. The maximum Gasteiger partial charge on any atom is 0.236 e. The van der Waals surface area contributed by atoms with Gasteiger partial charge in [-0.05, 0) is 31.3 Å². The average molecular weight is 418 g/mol. The van der Waals surface area contributed by atoms with Crippen LogP contribution in [0.25, 0.3) is 0 Å². The molecule has 0 radical (unpaired) electrons. The van der Waals surface area contributed by atoms with Crippen LogP contribution in [0.3, 0.4) is 0 Å². The molecular formula is C22H28ClN3O3. The largest absolute Gasteiger partial charge is 0.497 e. The summed E-state index contributed by atoms with van der Waals surface area (Å²) in [4.78, 5) is 19.0. The highest BCUT2D eigenvalue weighted by Gasteiger charge is 2.22. The van der Waals surface area contributed by atoms with Crippen molar-refractivity contribution in [2.75, 3.05) is 58.9 Å². The lowest BCUT2D eigenvalue weighted by molar-refractivity contribution is -0.132. The number of nitrogens with zero attached hydrogens (tertiary/aromatic N) is 3. The number of rotatable bonds is 7. The molecule has 1 amide bonds. The van der Waals surface area contributed by atoms with Gasteiger partial charge >= 0.3 is 0 Å². The van der Waals surface area contributed by atoms with Crippen LogP contribution in [-0.4, -0.2) is 69.7 Å². The van der Waals surface area contributed by atoms with E-state index in [1.54, 1.807) is 14.2 Å². The molecule has 1 fully saturated rings. The number of hydrogen-bond acceptors (Lipinski definition) is 5. The lowest BCUT2D eigenvalue weighted by atomic mass is 10.1. The van der Waals surface area contributed by atoms with Gasteiger partial charge in [0.15, 0.2) is 0 Å². The van der Waals surface area contributed by atoms with Crippen LogP contribution in [0, 0.1) is 0 Å². The first-order chi connectivity index (χ1) is 14.0. The first-order valence-electron chi connectivity index (χ1n) is 9.68. The van der Waals surface area contributed by atoms with Crippen LogP contribution in [-0.2, 0) is 11.3 Å². The number of amides is 1. The molecule has 1 aliphatic heterocycles.